The van der Waals surface area contributed by atoms with E-state index in [9.17, 15) is 15.2 Å². The summed E-state index contributed by atoms with van der Waals surface area (Å²) in [6.07, 6.45) is -1.13. The fourth-order valence-electron chi connectivity index (χ4n) is 2.53. The second kappa shape index (κ2) is 4.89. The van der Waals surface area contributed by atoms with Crippen LogP contribution in [0.4, 0.5) is 17.3 Å². The first-order chi connectivity index (χ1) is 11.1. The highest BCUT2D eigenvalue weighted by molar-refractivity contribution is 5.67. The number of nitrogens with zero attached hydrogens (tertiary/aromatic N) is 4. The number of benzene rings is 2. The van der Waals surface area contributed by atoms with Crippen molar-refractivity contribution < 1.29 is 10.0 Å². The molecule has 4 rings (SSSR count). The summed E-state index contributed by atoms with van der Waals surface area (Å²) in [6.45, 7) is 0. The SMILES string of the molecule is O=[N+]([O-])c1ccc2c(c1)[C@H](O)n1nc(-c3ccccc3)nc1N2. The minimum Gasteiger partial charge on any atom is -0.368 e. The zero-order valence-electron chi connectivity index (χ0n) is 11.7. The molecule has 0 unspecified atom stereocenters. The lowest BCUT2D eigenvalue weighted by atomic mass is 10.1. The number of nitro benzene ring substituents is 1. The molecular weight excluding hydrogens is 298 g/mol. The zero-order valence-corrected chi connectivity index (χ0v) is 11.7. The van der Waals surface area contributed by atoms with Gasteiger partial charge in [-0.15, -0.1) is 5.10 Å². The number of non-ortho nitro benzene ring substituents is 1. The van der Waals surface area contributed by atoms with E-state index in [0.29, 0.717) is 23.0 Å². The monoisotopic (exact) mass is 309 g/mol. The first-order valence-electron chi connectivity index (χ1n) is 6.89. The van der Waals surface area contributed by atoms with Crippen molar-refractivity contribution in [3.05, 3.63) is 64.2 Å². The Morgan fingerprint density at radius 2 is 2.00 bits per heavy atom. The third kappa shape index (κ3) is 2.12. The Morgan fingerprint density at radius 1 is 1.22 bits per heavy atom. The van der Waals surface area contributed by atoms with Crippen LogP contribution in [0.3, 0.4) is 0 Å². The summed E-state index contributed by atoms with van der Waals surface area (Å²) in [5, 5.41) is 28.7. The van der Waals surface area contributed by atoms with Crippen LogP contribution in [-0.4, -0.2) is 24.8 Å². The average Bonchev–Trinajstić information content (AvgIpc) is 3.00. The van der Waals surface area contributed by atoms with Crippen LogP contribution in [0.1, 0.15) is 11.8 Å². The van der Waals surface area contributed by atoms with Crippen molar-refractivity contribution in [2.24, 2.45) is 0 Å². The van der Waals surface area contributed by atoms with Crippen molar-refractivity contribution in [1.29, 1.82) is 0 Å². The number of hydrogen-bond acceptors (Lipinski definition) is 6. The molecule has 2 aromatic carbocycles. The molecule has 1 aromatic heterocycles. The van der Waals surface area contributed by atoms with Gasteiger partial charge in [0.15, 0.2) is 12.1 Å². The number of nitrogens with one attached hydrogen (secondary N) is 1. The first kappa shape index (κ1) is 13.4. The van der Waals surface area contributed by atoms with Crippen LogP contribution in [0.25, 0.3) is 11.4 Å². The van der Waals surface area contributed by atoms with E-state index in [2.05, 4.69) is 15.4 Å². The van der Waals surface area contributed by atoms with Crippen molar-refractivity contribution in [3.63, 3.8) is 0 Å². The predicted octanol–water partition coefficient (Wildman–Crippen LogP) is 2.45. The number of anilines is 2. The van der Waals surface area contributed by atoms with Gasteiger partial charge in [-0.25, -0.2) is 0 Å². The average molecular weight is 309 g/mol. The molecule has 8 heteroatoms. The molecule has 0 aliphatic carbocycles. The minimum atomic E-state index is -1.13. The summed E-state index contributed by atoms with van der Waals surface area (Å²) in [5.41, 5.74) is 1.69. The normalized spacial score (nSPS) is 15.4. The molecule has 0 bridgehead atoms. The molecular formula is C15H11N5O3. The van der Waals surface area contributed by atoms with Crippen LogP contribution in [0.5, 0.6) is 0 Å². The fraction of sp³-hybridized carbons (Fsp3) is 0.0667. The highest BCUT2D eigenvalue weighted by Gasteiger charge is 2.28. The van der Waals surface area contributed by atoms with Crippen molar-refractivity contribution in [2.75, 3.05) is 5.32 Å². The quantitative estimate of drug-likeness (QED) is 0.556. The van der Waals surface area contributed by atoms with Crippen LogP contribution in [-0.2, 0) is 0 Å². The van der Waals surface area contributed by atoms with Gasteiger partial charge in [0.05, 0.1) is 4.92 Å². The van der Waals surface area contributed by atoms with E-state index in [1.54, 1.807) is 6.07 Å². The Balaban J connectivity index is 1.79. The number of nitro groups is 1. The molecule has 8 nitrogen and oxygen atoms in total. The third-order valence-electron chi connectivity index (χ3n) is 3.67. The van der Waals surface area contributed by atoms with E-state index >= 15 is 0 Å². The summed E-state index contributed by atoms with van der Waals surface area (Å²) >= 11 is 0. The lowest BCUT2D eigenvalue weighted by molar-refractivity contribution is -0.385. The second-order valence-electron chi connectivity index (χ2n) is 5.10. The molecule has 0 saturated carbocycles. The van der Waals surface area contributed by atoms with Gasteiger partial charge in [-0.3, -0.25) is 10.1 Å². The maximum atomic E-state index is 10.9. The lowest BCUT2D eigenvalue weighted by Crippen LogP contribution is -2.20. The molecule has 1 aliphatic rings. The van der Waals surface area contributed by atoms with Gasteiger partial charge in [0.2, 0.25) is 5.95 Å². The van der Waals surface area contributed by atoms with E-state index in [-0.39, 0.29) is 5.69 Å². The smallest absolute Gasteiger partial charge is 0.270 e. The largest absolute Gasteiger partial charge is 0.368 e. The number of aliphatic hydroxyl groups excluding tert-OH is 1. The molecule has 1 aliphatic heterocycles. The van der Waals surface area contributed by atoms with Crippen molar-refractivity contribution in [2.45, 2.75) is 6.23 Å². The Hall–Kier alpha value is -3.26. The van der Waals surface area contributed by atoms with Gasteiger partial charge in [0, 0.05) is 28.9 Å². The Labute approximate surface area is 130 Å². The van der Waals surface area contributed by atoms with Crippen LogP contribution in [0.2, 0.25) is 0 Å². The summed E-state index contributed by atoms with van der Waals surface area (Å²) in [4.78, 5) is 14.8. The molecule has 23 heavy (non-hydrogen) atoms. The molecule has 0 fully saturated rings. The standard InChI is InChI=1S/C15H11N5O3/c21-14-11-8-10(20(22)23)6-7-12(11)16-15-17-13(18-19(14)15)9-4-2-1-3-5-9/h1-8,14,21H,(H,16,17,18)/t14-/m0/s1. The topological polar surface area (TPSA) is 106 Å². The third-order valence-corrected chi connectivity index (χ3v) is 3.67. The number of fused-ring (bicyclic) bond motifs is 2. The van der Waals surface area contributed by atoms with Gasteiger partial charge in [0.1, 0.15) is 0 Å². The minimum absolute atomic E-state index is 0.0866. The lowest BCUT2D eigenvalue weighted by Gasteiger charge is -2.22. The zero-order chi connectivity index (χ0) is 16.0. The second-order valence-corrected chi connectivity index (χ2v) is 5.10. The van der Waals surface area contributed by atoms with E-state index < -0.39 is 11.2 Å². The van der Waals surface area contributed by atoms with Crippen LogP contribution < -0.4 is 5.32 Å². The molecule has 2 N–H and O–H groups in total. The van der Waals surface area contributed by atoms with Crippen molar-refractivity contribution >= 4 is 17.3 Å². The molecule has 0 radical (unpaired) electrons. The van der Waals surface area contributed by atoms with Crippen molar-refractivity contribution in [1.82, 2.24) is 14.8 Å². The number of rotatable bonds is 2. The molecule has 3 aromatic rings. The fourth-order valence-corrected chi connectivity index (χ4v) is 2.53. The van der Waals surface area contributed by atoms with E-state index in [4.69, 9.17) is 0 Å². The van der Waals surface area contributed by atoms with Gasteiger partial charge in [-0.05, 0) is 6.07 Å². The number of aromatic nitrogens is 3. The van der Waals surface area contributed by atoms with Gasteiger partial charge < -0.3 is 10.4 Å². The van der Waals surface area contributed by atoms with Crippen LogP contribution in [0, 0.1) is 10.1 Å². The summed E-state index contributed by atoms with van der Waals surface area (Å²) in [7, 11) is 0. The van der Waals surface area contributed by atoms with Crippen LogP contribution in [0.15, 0.2) is 48.5 Å². The molecule has 0 spiro atoms. The van der Waals surface area contributed by atoms with Crippen LogP contribution >= 0.6 is 0 Å². The molecule has 1 atom stereocenters. The highest BCUT2D eigenvalue weighted by Crippen LogP contribution is 2.36. The first-order valence-corrected chi connectivity index (χ1v) is 6.89. The Bertz CT molecular complexity index is 907. The maximum Gasteiger partial charge on any atom is 0.270 e. The van der Waals surface area contributed by atoms with E-state index in [1.807, 2.05) is 30.3 Å². The molecule has 0 amide bonds. The summed E-state index contributed by atoms with van der Waals surface area (Å²) in [6, 6.07) is 13.6. The van der Waals surface area contributed by atoms with Gasteiger partial charge in [-0.2, -0.15) is 9.67 Å². The number of hydrogen-bond donors (Lipinski definition) is 2. The maximum absolute atomic E-state index is 10.9. The van der Waals surface area contributed by atoms with Crippen molar-refractivity contribution in [3.8, 4) is 11.4 Å². The Kier molecular flexibility index (Phi) is 2.85. The summed E-state index contributed by atoms with van der Waals surface area (Å²) < 4.78 is 1.31. The summed E-state index contributed by atoms with van der Waals surface area (Å²) in [5.74, 6) is 0.854. The van der Waals surface area contributed by atoms with E-state index in [1.165, 1.54) is 16.8 Å². The number of aliphatic hydroxyl groups is 1. The molecule has 2 heterocycles. The van der Waals surface area contributed by atoms with E-state index in [0.717, 1.165) is 5.56 Å². The molecule has 0 saturated heterocycles. The van der Waals surface area contributed by atoms with Gasteiger partial charge >= 0.3 is 0 Å². The predicted molar refractivity (Wildman–Crippen MR) is 82.2 cm³/mol. The van der Waals surface area contributed by atoms with Gasteiger partial charge in [-0.1, -0.05) is 30.3 Å². The molecule has 114 valence electrons. The Morgan fingerprint density at radius 3 is 2.74 bits per heavy atom. The van der Waals surface area contributed by atoms with Gasteiger partial charge in [0.25, 0.3) is 5.69 Å². The highest BCUT2D eigenvalue weighted by atomic mass is 16.6.